The Morgan fingerprint density at radius 3 is 2.36 bits per heavy atom. The smallest absolute Gasteiger partial charge is 0.326 e. The minimum Gasteiger partial charge on any atom is -0.326 e. The number of aryl methyl sites for hydroxylation is 2. The molecule has 0 radical (unpaired) electrons. The summed E-state index contributed by atoms with van der Waals surface area (Å²) in [4.78, 5) is 3.94. The zero-order chi connectivity index (χ0) is 10.9. The molecule has 0 saturated heterocycles. The monoisotopic (exact) mass is 204 g/mol. The van der Waals surface area contributed by atoms with Gasteiger partial charge in [0.15, 0.2) is 0 Å². The highest BCUT2D eigenvalue weighted by atomic mass is 19.4. The molecule has 0 aliphatic rings. The third-order valence-corrected chi connectivity index (χ3v) is 1.97. The number of hydrogen-bond donors (Lipinski definition) is 1. The van der Waals surface area contributed by atoms with Crippen LogP contribution in [0, 0.1) is 13.8 Å². The van der Waals surface area contributed by atoms with E-state index in [1.165, 1.54) is 13.8 Å². The van der Waals surface area contributed by atoms with Crippen LogP contribution in [0.1, 0.15) is 22.5 Å². The Kier molecular flexibility index (Phi) is 2.80. The van der Waals surface area contributed by atoms with E-state index in [-0.39, 0.29) is 12.1 Å². The van der Waals surface area contributed by atoms with Crippen LogP contribution in [0.2, 0.25) is 0 Å². The second-order valence-corrected chi connectivity index (χ2v) is 3.08. The fraction of sp³-hybridized carbons (Fsp3) is 0.444. The predicted octanol–water partition coefficient (Wildman–Crippen LogP) is 2.18. The molecule has 0 bridgehead atoms. The van der Waals surface area contributed by atoms with Crippen molar-refractivity contribution in [2.45, 2.75) is 26.6 Å². The number of pyridine rings is 1. The van der Waals surface area contributed by atoms with Gasteiger partial charge in [0.25, 0.3) is 0 Å². The normalized spacial score (nSPS) is 11.9. The van der Waals surface area contributed by atoms with Gasteiger partial charge in [-0.15, -0.1) is 0 Å². The summed E-state index contributed by atoms with van der Waals surface area (Å²) in [5, 5.41) is 0. The lowest BCUT2D eigenvalue weighted by Crippen LogP contribution is -2.15. The fourth-order valence-corrected chi connectivity index (χ4v) is 1.37. The van der Waals surface area contributed by atoms with Gasteiger partial charge in [-0.05, 0) is 25.5 Å². The lowest BCUT2D eigenvalue weighted by Gasteiger charge is -2.14. The van der Waals surface area contributed by atoms with Crippen LogP contribution in [-0.2, 0) is 12.7 Å². The van der Waals surface area contributed by atoms with Crippen molar-refractivity contribution in [3.8, 4) is 0 Å². The average molecular weight is 204 g/mol. The molecule has 0 atom stereocenters. The van der Waals surface area contributed by atoms with Crippen molar-refractivity contribution in [2.24, 2.45) is 5.73 Å². The summed E-state index contributed by atoms with van der Waals surface area (Å²) in [7, 11) is 0. The SMILES string of the molecule is Cc1cc(C(F)(F)F)c(CN)c(C)n1. The number of nitrogens with two attached hydrogens (primary N) is 1. The molecule has 1 heterocycles. The van der Waals surface area contributed by atoms with Gasteiger partial charge in [0.05, 0.1) is 5.56 Å². The Balaban J connectivity index is 3.40. The molecular formula is C9H11F3N2. The molecular weight excluding hydrogens is 193 g/mol. The van der Waals surface area contributed by atoms with E-state index in [9.17, 15) is 13.2 Å². The Bertz CT molecular complexity index is 345. The lowest BCUT2D eigenvalue weighted by molar-refractivity contribution is -0.138. The highest BCUT2D eigenvalue weighted by Crippen LogP contribution is 2.33. The topological polar surface area (TPSA) is 38.9 Å². The first-order valence-corrected chi connectivity index (χ1v) is 4.10. The van der Waals surface area contributed by atoms with Crippen molar-refractivity contribution in [3.05, 3.63) is 28.6 Å². The van der Waals surface area contributed by atoms with E-state index in [1.54, 1.807) is 0 Å². The standard InChI is InChI=1S/C9H11F3N2/c1-5-3-8(9(10,11)12)7(4-13)6(2)14-5/h3H,4,13H2,1-2H3. The van der Waals surface area contributed by atoms with E-state index in [4.69, 9.17) is 5.73 Å². The Labute approximate surface area is 79.9 Å². The summed E-state index contributed by atoms with van der Waals surface area (Å²) in [5.74, 6) is 0. The number of rotatable bonds is 1. The molecule has 0 saturated carbocycles. The summed E-state index contributed by atoms with van der Waals surface area (Å²) < 4.78 is 37.5. The molecule has 14 heavy (non-hydrogen) atoms. The zero-order valence-electron chi connectivity index (χ0n) is 7.94. The van der Waals surface area contributed by atoms with Crippen molar-refractivity contribution < 1.29 is 13.2 Å². The van der Waals surface area contributed by atoms with E-state index in [0.29, 0.717) is 11.4 Å². The second kappa shape index (κ2) is 3.57. The zero-order valence-corrected chi connectivity index (χ0v) is 7.94. The maximum Gasteiger partial charge on any atom is 0.416 e. The molecule has 0 aliphatic carbocycles. The minimum absolute atomic E-state index is 0.0723. The van der Waals surface area contributed by atoms with E-state index < -0.39 is 11.7 Å². The summed E-state index contributed by atoms with van der Waals surface area (Å²) in [6.45, 7) is 2.92. The second-order valence-electron chi connectivity index (χ2n) is 3.08. The predicted molar refractivity (Wildman–Crippen MR) is 46.6 cm³/mol. The van der Waals surface area contributed by atoms with Crippen LogP contribution in [0.5, 0.6) is 0 Å². The first-order valence-electron chi connectivity index (χ1n) is 4.10. The molecule has 5 heteroatoms. The van der Waals surface area contributed by atoms with Crippen molar-refractivity contribution in [3.63, 3.8) is 0 Å². The minimum atomic E-state index is -4.35. The summed E-state index contributed by atoms with van der Waals surface area (Å²) >= 11 is 0. The number of halogens is 3. The number of aromatic nitrogens is 1. The summed E-state index contributed by atoms with van der Waals surface area (Å²) in [6.07, 6.45) is -4.35. The van der Waals surface area contributed by atoms with Crippen LogP contribution in [-0.4, -0.2) is 4.98 Å². The van der Waals surface area contributed by atoms with Gasteiger partial charge in [-0.25, -0.2) is 0 Å². The van der Waals surface area contributed by atoms with Gasteiger partial charge in [-0.1, -0.05) is 0 Å². The van der Waals surface area contributed by atoms with Gasteiger partial charge in [0, 0.05) is 17.9 Å². The molecule has 0 fully saturated rings. The molecule has 1 rings (SSSR count). The molecule has 0 amide bonds. The van der Waals surface area contributed by atoms with Crippen molar-refractivity contribution >= 4 is 0 Å². The molecule has 1 aromatic rings. The molecule has 0 aliphatic heterocycles. The largest absolute Gasteiger partial charge is 0.416 e. The van der Waals surface area contributed by atoms with Crippen LogP contribution >= 0.6 is 0 Å². The van der Waals surface area contributed by atoms with Gasteiger partial charge in [0.2, 0.25) is 0 Å². The first-order chi connectivity index (χ1) is 6.36. The van der Waals surface area contributed by atoms with Gasteiger partial charge >= 0.3 is 6.18 Å². The molecule has 78 valence electrons. The molecule has 2 N–H and O–H groups in total. The average Bonchev–Trinajstić information content (AvgIpc) is 2.01. The van der Waals surface area contributed by atoms with Crippen LogP contribution in [0.15, 0.2) is 6.07 Å². The van der Waals surface area contributed by atoms with Crippen molar-refractivity contribution in [2.75, 3.05) is 0 Å². The highest BCUT2D eigenvalue weighted by Gasteiger charge is 2.34. The number of nitrogens with zero attached hydrogens (tertiary/aromatic N) is 1. The van der Waals surface area contributed by atoms with Crippen LogP contribution in [0.3, 0.4) is 0 Å². The van der Waals surface area contributed by atoms with Crippen LogP contribution < -0.4 is 5.73 Å². The molecule has 1 aromatic heterocycles. The third kappa shape index (κ3) is 2.04. The Morgan fingerprint density at radius 2 is 1.93 bits per heavy atom. The van der Waals surface area contributed by atoms with Gasteiger partial charge in [-0.3, -0.25) is 4.98 Å². The lowest BCUT2D eigenvalue weighted by atomic mass is 10.1. The Morgan fingerprint density at radius 1 is 1.36 bits per heavy atom. The highest BCUT2D eigenvalue weighted by molar-refractivity contribution is 5.34. The third-order valence-electron chi connectivity index (χ3n) is 1.97. The summed E-state index contributed by atoms with van der Waals surface area (Å²) in [5.41, 5.74) is 5.36. The maximum atomic E-state index is 12.5. The first kappa shape index (κ1) is 11.0. The Hall–Kier alpha value is -1.10. The van der Waals surface area contributed by atoms with Gasteiger partial charge < -0.3 is 5.73 Å². The van der Waals surface area contributed by atoms with Gasteiger partial charge in [-0.2, -0.15) is 13.2 Å². The molecule has 0 spiro atoms. The van der Waals surface area contributed by atoms with E-state index in [1.807, 2.05) is 0 Å². The van der Waals surface area contributed by atoms with Crippen LogP contribution in [0.4, 0.5) is 13.2 Å². The van der Waals surface area contributed by atoms with Crippen LogP contribution in [0.25, 0.3) is 0 Å². The quantitative estimate of drug-likeness (QED) is 0.761. The number of alkyl halides is 3. The maximum absolute atomic E-state index is 12.5. The van der Waals surface area contributed by atoms with Crippen molar-refractivity contribution in [1.29, 1.82) is 0 Å². The van der Waals surface area contributed by atoms with Crippen molar-refractivity contribution in [1.82, 2.24) is 4.98 Å². The van der Waals surface area contributed by atoms with E-state index in [0.717, 1.165) is 6.07 Å². The molecule has 0 unspecified atom stereocenters. The fourth-order valence-electron chi connectivity index (χ4n) is 1.37. The molecule has 0 aromatic carbocycles. The number of hydrogen-bond acceptors (Lipinski definition) is 2. The van der Waals surface area contributed by atoms with E-state index >= 15 is 0 Å². The van der Waals surface area contributed by atoms with Gasteiger partial charge in [0.1, 0.15) is 0 Å². The molecule has 2 nitrogen and oxygen atoms in total. The summed E-state index contributed by atoms with van der Waals surface area (Å²) in [6, 6.07) is 1.02. The van der Waals surface area contributed by atoms with E-state index in [2.05, 4.69) is 4.98 Å².